The number of aromatic amines is 1. The number of nitrogens with zero attached hydrogens (tertiary/aromatic N) is 4. The quantitative estimate of drug-likeness (QED) is 0.676. The Morgan fingerprint density at radius 1 is 1.37 bits per heavy atom. The fraction of sp³-hybridized carbons (Fsp3) is 0.353. The number of carbonyl (C=O) groups excluding carboxylic acids is 1. The predicted molar refractivity (Wildman–Crippen MR) is 92.5 cm³/mol. The van der Waals surface area contributed by atoms with E-state index in [1.165, 1.54) is 11.1 Å². The molecule has 1 aliphatic heterocycles. The molecule has 6 nitrogen and oxygen atoms in total. The summed E-state index contributed by atoms with van der Waals surface area (Å²) in [6, 6.07) is 2.89. The maximum atomic E-state index is 13.1. The van der Waals surface area contributed by atoms with Gasteiger partial charge in [-0.15, -0.1) is 0 Å². The lowest BCUT2D eigenvalue weighted by molar-refractivity contribution is -0.148. The molecule has 0 fully saturated rings. The van der Waals surface area contributed by atoms with Gasteiger partial charge in [-0.25, -0.2) is 9.97 Å². The standard InChI is InChI=1S/C17H15ClF3N5O/c1-8-6-25(7-10-5-22-16(26(8)10)17(19,20)21)15(27)14-23-12-4-3-11(18)9(2)13(12)24-14/h3-5,8H,6-7H2,1-2H3,(H,23,24). The first-order chi connectivity index (χ1) is 12.7. The van der Waals surface area contributed by atoms with Gasteiger partial charge in [0.15, 0.2) is 5.82 Å². The summed E-state index contributed by atoms with van der Waals surface area (Å²) < 4.78 is 40.5. The van der Waals surface area contributed by atoms with Gasteiger partial charge in [0.25, 0.3) is 5.91 Å². The number of aryl methyl sites for hydroxylation is 1. The Bertz CT molecular complexity index is 1050. The summed E-state index contributed by atoms with van der Waals surface area (Å²) in [6.45, 7) is 3.59. The maximum Gasteiger partial charge on any atom is 0.449 e. The van der Waals surface area contributed by atoms with Crippen molar-refractivity contribution in [2.75, 3.05) is 6.54 Å². The van der Waals surface area contributed by atoms with Gasteiger partial charge in [0.05, 0.1) is 35.5 Å². The van der Waals surface area contributed by atoms with Crippen LogP contribution < -0.4 is 0 Å². The van der Waals surface area contributed by atoms with Crippen molar-refractivity contribution in [2.45, 2.75) is 32.6 Å². The molecule has 1 atom stereocenters. The molecule has 0 saturated heterocycles. The number of fused-ring (bicyclic) bond motifs is 2. The second-order valence-corrected chi connectivity index (χ2v) is 7.04. The number of amides is 1. The molecule has 1 aliphatic rings. The third-order valence-corrected chi connectivity index (χ3v) is 5.15. The molecule has 27 heavy (non-hydrogen) atoms. The van der Waals surface area contributed by atoms with Gasteiger partial charge in [0.2, 0.25) is 5.82 Å². The molecule has 1 aromatic carbocycles. The van der Waals surface area contributed by atoms with E-state index in [0.29, 0.717) is 21.7 Å². The van der Waals surface area contributed by atoms with Crippen LogP contribution in [0.25, 0.3) is 11.0 Å². The molecule has 0 aliphatic carbocycles. The van der Waals surface area contributed by atoms with Crippen molar-refractivity contribution in [1.82, 2.24) is 24.4 Å². The zero-order valence-corrected chi connectivity index (χ0v) is 15.2. The summed E-state index contributed by atoms with van der Waals surface area (Å²) in [6.07, 6.45) is -3.37. The monoisotopic (exact) mass is 397 g/mol. The Morgan fingerprint density at radius 3 is 2.81 bits per heavy atom. The number of hydrogen-bond donors (Lipinski definition) is 1. The van der Waals surface area contributed by atoms with Crippen LogP contribution in [0.1, 0.15) is 40.7 Å². The molecule has 1 amide bonds. The summed E-state index contributed by atoms with van der Waals surface area (Å²) in [5, 5.41) is 0.545. The molecule has 142 valence electrons. The first-order valence-electron chi connectivity index (χ1n) is 8.24. The molecule has 10 heteroatoms. The fourth-order valence-corrected chi connectivity index (χ4v) is 3.62. The van der Waals surface area contributed by atoms with E-state index < -0.39 is 18.0 Å². The van der Waals surface area contributed by atoms with Crippen LogP contribution in [-0.4, -0.2) is 36.9 Å². The SMILES string of the molecule is Cc1c(Cl)ccc2[nH]c(C(=O)N3Cc4cnc(C(F)(F)F)n4C(C)C3)nc12. The highest BCUT2D eigenvalue weighted by Crippen LogP contribution is 2.34. The lowest BCUT2D eigenvalue weighted by Gasteiger charge is -2.33. The van der Waals surface area contributed by atoms with E-state index in [0.717, 1.165) is 10.1 Å². The predicted octanol–water partition coefficient (Wildman–Crippen LogP) is 3.96. The summed E-state index contributed by atoms with van der Waals surface area (Å²) >= 11 is 6.09. The number of benzene rings is 1. The van der Waals surface area contributed by atoms with E-state index >= 15 is 0 Å². The van der Waals surface area contributed by atoms with Gasteiger partial charge in [0, 0.05) is 11.6 Å². The van der Waals surface area contributed by atoms with Gasteiger partial charge in [-0.05, 0) is 31.5 Å². The molecular weight excluding hydrogens is 383 g/mol. The molecule has 1 unspecified atom stereocenters. The highest BCUT2D eigenvalue weighted by molar-refractivity contribution is 6.32. The van der Waals surface area contributed by atoms with Crippen LogP contribution in [-0.2, 0) is 12.7 Å². The zero-order chi connectivity index (χ0) is 19.5. The van der Waals surface area contributed by atoms with Crippen LogP contribution in [0.5, 0.6) is 0 Å². The first-order valence-corrected chi connectivity index (χ1v) is 8.62. The third-order valence-electron chi connectivity index (χ3n) is 4.74. The molecule has 0 bridgehead atoms. The number of imidazole rings is 2. The highest BCUT2D eigenvalue weighted by atomic mass is 35.5. The molecular formula is C17H15ClF3N5O. The molecule has 0 radical (unpaired) electrons. The average Bonchev–Trinajstić information content (AvgIpc) is 3.22. The van der Waals surface area contributed by atoms with E-state index in [1.54, 1.807) is 26.0 Å². The minimum Gasteiger partial charge on any atom is -0.334 e. The smallest absolute Gasteiger partial charge is 0.334 e. The van der Waals surface area contributed by atoms with E-state index in [2.05, 4.69) is 15.0 Å². The van der Waals surface area contributed by atoms with Crippen molar-refractivity contribution in [3.8, 4) is 0 Å². The molecule has 3 aromatic rings. The van der Waals surface area contributed by atoms with Gasteiger partial charge in [-0.1, -0.05) is 11.6 Å². The number of aromatic nitrogens is 4. The Hall–Kier alpha value is -2.55. The molecule has 0 spiro atoms. The van der Waals surface area contributed by atoms with Crippen molar-refractivity contribution < 1.29 is 18.0 Å². The van der Waals surface area contributed by atoms with Crippen molar-refractivity contribution in [3.63, 3.8) is 0 Å². The third kappa shape index (κ3) is 2.86. The van der Waals surface area contributed by atoms with Gasteiger partial charge < -0.3 is 14.5 Å². The lowest BCUT2D eigenvalue weighted by Crippen LogP contribution is -2.41. The summed E-state index contributed by atoms with van der Waals surface area (Å²) in [5.41, 5.74) is 2.36. The number of alkyl halides is 3. The second kappa shape index (κ2) is 5.98. The van der Waals surface area contributed by atoms with Gasteiger partial charge in [-0.2, -0.15) is 13.2 Å². The molecule has 1 N–H and O–H groups in total. The van der Waals surface area contributed by atoms with Crippen LogP contribution in [0.4, 0.5) is 13.2 Å². The molecule has 4 rings (SSSR count). The summed E-state index contributed by atoms with van der Waals surface area (Å²) in [4.78, 5) is 25.2. The van der Waals surface area contributed by atoms with Crippen LogP contribution in [0.3, 0.4) is 0 Å². The van der Waals surface area contributed by atoms with Gasteiger partial charge >= 0.3 is 6.18 Å². The van der Waals surface area contributed by atoms with Crippen molar-refractivity contribution in [2.24, 2.45) is 0 Å². The number of H-pyrrole nitrogens is 1. The van der Waals surface area contributed by atoms with E-state index in [1.807, 2.05) is 0 Å². The second-order valence-electron chi connectivity index (χ2n) is 6.63. The number of hydrogen-bond acceptors (Lipinski definition) is 3. The van der Waals surface area contributed by atoms with E-state index in [-0.39, 0.29) is 24.8 Å². The number of nitrogens with one attached hydrogen (secondary N) is 1. The summed E-state index contributed by atoms with van der Waals surface area (Å²) in [7, 11) is 0. The Morgan fingerprint density at radius 2 is 2.11 bits per heavy atom. The highest BCUT2D eigenvalue weighted by Gasteiger charge is 2.40. The Kier molecular flexibility index (Phi) is 3.95. The van der Waals surface area contributed by atoms with Gasteiger partial charge in [-0.3, -0.25) is 4.79 Å². The van der Waals surface area contributed by atoms with Crippen LogP contribution >= 0.6 is 11.6 Å². The van der Waals surface area contributed by atoms with Crippen molar-refractivity contribution >= 4 is 28.5 Å². The largest absolute Gasteiger partial charge is 0.449 e. The number of rotatable bonds is 1. The normalized spacial score (nSPS) is 17.4. The Balaban J connectivity index is 1.66. The van der Waals surface area contributed by atoms with Crippen molar-refractivity contribution in [1.29, 1.82) is 0 Å². The topological polar surface area (TPSA) is 66.8 Å². The first kappa shape index (κ1) is 17.8. The van der Waals surface area contributed by atoms with E-state index in [9.17, 15) is 18.0 Å². The van der Waals surface area contributed by atoms with Crippen molar-refractivity contribution in [3.05, 3.63) is 46.3 Å². The fourth-order valence-electron chi connectivity index (χ4n) is 3.47. The summed E-state index contributed by atoms with van der Waals surface area (Å²) in [5.74, 6) is -1.19. The molecule has 0 saturated carbocycles. The minimum absolute atomic E-state index is 0.0308. The minimum atomic E-state index is -4.53. The molecule has 3 heterocycles. The number of carbonyl (C=O) groups is 1. The average molecular weight is 398 g/mol. The Labute approximate surface area is 157 Å². The zero-order valence-electron chi connectivity index (χ0n) is 14.4. The van der Waals surface area contributed by atoms with Crippen LogP contribution in [0.15, 0.2) is 18.3 Å². The van der Waals surface area contributed by atoms with Crippen LogP contribution in [0, 0.1) is 6.92 Å². The maximum absolute atomic E-state index is 13.1. The number of halogens is 4. The molecule has 2 aromatic heterocycles. The van der Waals surface area contributed by atoms with Crippen LogP contribution in [0.2, 0.25) is 5.02 Å². The lowest BCUT2D eigenvalue weighted by atomic mass is 10.2. The van der Waals surface area contributed by atoms with E-state index in [4.69, 9.17) is 11.6 Å². The van der Waals surface area contributed by atoms with Gasteiger partial charge in [0.1, 0.15) is 0 Å².